The zero-order valence-electron chi connectivity index (χ0n) is 13.8. The average Bonchev–Trinajstić information content (AvgIpc) is 3.02. The molecule has 0 unspecified atom stereocenters. The van der Waals surface area contributed by atoms with E-state index in [1.165, 1.54) is 11.1 Å². The number of pyridine rings is 1. The number of carboxylic acids is 1. The van der Waals surface area contributed by atoms with Crippen LogP contribution in [0.15, 0.2) is 18.5 Å². The fourth-order valence-corrected chi connectivity index (χ4v) is 3.53. The lowest BCUT2D eigenvalue weighted by molar-refractivity contribution is -0.135. The summed E-state index contributed by atoms with van der Waals surface area (Å²) in [6.07, 6.45) is 3.96. The Bertz CT molecular complexity index is 882. The van der Waals surface area contributed by atoms with Crippen molar-refractivity contribution in [3.05, 3.63) is 24.0 Å². The summed E-state index contributed by atoms with van der Waals surface area (Å²) >= 11 is 0. The summed E-state index contributed by atoms with van der Waals surface area (Å²) in [5.41, 5.74) is 1.02. The first-order valence-electron chi connectivity index (χ1n) is 8.49. The van der Waals surface area contributed by atoms with Gasteiger partial charge in [0, 0.05) is 43.3 Å². The fourth-order valence-electron chi connectivity index (χ4n) is 3.53. The molecule has 3 heterocycles. The molecular weight excluding hydrogens is 346 g/mol. The maximum atomic E-state index is 13.2. The molecule has 0 spiro atoms. The second kappa shape index (κ2) is 5.93. The molecule has 138 valence electrons. The maximum Gasteiger partial charge on any atom is 0.339 e. The smallest absolute Gasteiger partial charge is 0.339 e. The van der Waals surface area contributed by atoms with Crippen molar-refractivity contribution >= 4 is 28.6 Å². The highest BCUT2D eigenvalue weighted by Crippen LogP contribution is 2.49. The number of rotatable bonds is 4. The number of piperidine rings is 1. The van der Waals surface area contributed by atoms with Gasteiger partial charge < -0.3 is 20.3 Å². The molecule has 1 aliphatic carbocycles. The van der Waals surface area contributed by atoms with Gasteiger partial charge in [-0.2, -0.15) is 0 Å². The minimum absolute atomic E-state index is 0.0364. The number of hydrogen-bond acceptors (Lipinski definition) is 4. The van der Waals surface area contributed by atoms with Gasteiger partial charge in [0.05, 0.1) is 5.69 Å². The molecule has 2 fully saturated rings. The number of halogens is 2. The molecular formula is C17H18F2N4O3. The van der Waals surface area contributed by atoms with Crippen LogP contribution in [0.1, 0.15) is 29.6 Å². The number of nitrogens with zero attached hydrogens (tertiary/aromatic N) is 2. The molecule has 1 saturated heterocycles. The quantitative estimate of drug-likeness (QED) is 0.773. The number of alkyl halides is 2. The van der Waals surface area contributed by atoms with Gasteiger partial charge in [-0.15, -0.1) is 0 Å². The van der Waals surface area contributed by atoms with Crippen molar-refractivity contribution in [2.45, 2.75) is 31.2 Å². The predicted molar refractivity (Wildman–Crippen MR) is 89.3 cm³/mol. The van der Waals surface area contributed by atoms with Gasteiger partial charge in [0.15, 0.2) is 0 Å². The second-order valence-electron chi connectivity index (χ2n) is 6.88. The van der Waals surface area contributed by atoms with Crippen LogP contribution in [-0.2, 0) is 4.79 Å². The van der Waals surface area contributed by atoms with Crippen LogP contribution in [0, 0.1) is 5.92 Å². The number of aromatic amines is 1. The predicted octanol–water partition coefficient (Wildman–Crippen LogP) is 2.32. The van der Waals surface area contributed by atoms with E-state index in [0.29, 0.717) is 29.7 Å². The first-order valence-corrected chi connectivity index (χ1v) is 8.49. The molecule has 2 aliphatic rings. The highest BCUT2D eigenvalue weighted by molar-refractivity contribution is 6.03. The third-order valence-electron chi connectivity index (χ3n) is 5.02. The Morgan fingerprint density at radius 3 is 2.88 bits per heavy atom. The van der Waals surface area contributed by atoms with Crippen molar-refractivity contribution < 1.29 is 23.5 Å². The standard InChI is InChI=1S/C17H18F2N4O3/c18-17(19)6-12(17)15(24)23-5-1-2-9(8-23)22-13-10-3-4-20-14(10)21-7-11(13)16(25)26/h3-4,7,9,12H,1-2,5-6,8H2,(H,25,26)(H2,20,21,22)/t9-,12+/m1/s1. The number of amides is 1. The number of carbonyl (C=O) groups is 2. The number of H-pyrrole nitrogens is 1. The van der Waals surface area contributed by atoms with E-state index in [0.717, 1.165) is 6.42 Å². The maximum absolute atomic E-state index is 13.2. The molecule has 9 heteroatoms. The van der Waals surface area contributed by atoms with Crippen molar-refractivity contribution in [3.8, 4) is 0 Å². The summed E-state index contributed by atoms with van der Waals surface area (Å²) in [7, 11) is 0. The van der Waals surface area contributed by atoms with Gasteiger partial charge in [0.2, 0.25) is 5.91 Å². The van der Waals surface area contributed by atoms with Crippen LogP contribution in [-0.4, -0.2) is 56.9 Å². The molecule has 1 aliphatic heterocycles. The van der Waals surface area contributed by atoms with E-state index in [9.17, 15) is 23.5 Å². The Kier molecular flexibility index (Phi) is 3.82. The number of likely N-dealkylation sites (tertiary alicyclic amines) is 1. The Morgan fingerprint density at radius 2 is 2.19 bits per heavy atom. The lowest BCUT2D eigenvalue weighted by atomic mass is 10.0. The van der Waals surface area contributed by atoms with Crippen LogP contribution >= 0.6 is 0 Å². The Balaban J connectivity index is 1.55. The van der Waals surface area contributed by atoms with E-state index >= 15 is 0 Å². The normalized spacial score (nSPS) is 24.5. The highest BCUT2D eigenvalue weighted by Gasteiger charge is 2.62. The molecule has 0 radical (unpaired) electrons. The number of fused-ring (bicyclic) bond motifs is 1. The van der Waals surface area contributed by atoms with Crippen molar-refractivity contribution in [1.82, 2.24) is 14.9 Å². The minimum Gasteiger partial charge on any atom is -0.478 e. The number of carbonyl (C=O) groups excluding carboxylic acids is 1. The van der Waals surface area contributed by atoms with Gasteiger partial charge in [-0.05, 0) is 18.9 Å². The first kappa shape index (κ1) is 16.7. The van der Waals surface area contributed by atoms with E-state index in [4.69, 9.17) is 0 Å². The lowest BCUT2D eigenvalue weighted by Gasteiger charge is -2.34. The summed E-state index contributed by atoms with van der Waals surface area (Å²) in [4.78, 5) is 32.2. The number of aromatic carboxylic acids is 1. The molecule has 2 aromatic heterocycles. The summed E-state index contributed by atoms with van der Waals surface area (Å²) in [6, 6.07) is 1.52. The topological polar surface area (TPSA) is 98.3 Å². The largest absolute Gasteiger partial charge is 0.478 e. The number of carboxylic acid groups (broad SMARTS) is 1. The Morgan fingerprint density at radius 1 is 1.42 bits per heavy atom. The minimum atomic E-state index is -2.88. The van der Waals surface area contributed by atoms with E-state index in [2.05, 4.69) is 15.3 Å². The van der Waals surface area contributed by atoms with E-state index in [1.807, 2.05) is 0 Å². The Labute approximate surface area is 147 Å². The van der Waals surface area contributed by atoms with Crippen molar-refractivity contribution in [2.24, 2.45) is 5.92 Å². The molecule has 0 aromatic carbocycles. The SMILES string of the molecule is O=C(O)c1cnc2[nH]ccc2c1N[C@@H]1CCCN(C(=O)[C@@H]2CC2(F)F)C1. The van der Waals surface area contributed by atoms with Gasteiger partial charge >= 0.3 is 5.97 Å². The van der Waals surface area contributed by atoms with Crippen molar-refractivity contribution in [2.75, 3.05) is 18.4 Å². The molecule has 4 rings (SSSR count). The van der Waals surface area contributed by atoms with Crippen LogP contribution in [0.4, 0.5) is 14.5 Å². The van der Waals surface area contributed by atoms with Crippen LogP contribution in [0.25, 0.3) is 11.0 Å². The van der Waals surface area contributed by atoms with Crippen LogP contribution in [0.3, 0.4) is 0 Å². The number of aromatic nitrogens is 2. The molecule has 2 atom stereocenters. The summed E-state index contributed by atoms with van der Waals surface area (Å²) in [6.45, 7) is 0.726. The van der Waals surface area contributed by atoms with Gasteiger partial charge in [0.1, 0.15) is 17.1 Å². The molecule has 3 N–H and O–H groups in total. The molecule has 2 aromatic rings. The van der Waals surface area contributed by atoms with E-state index in [1.54, 1.807) is 12.3 Å². The molecule has 1 amide bonds. The monoisotopic (exact) mass is 364 g/mol. The first-order chi connectivity index (χ1) is 12.4. The van der Waals surface area contributed by atoms with Gasteiger partial charge in [-0.3, -0.25) is 4.79 Å². The van der Waals surface area contributed by atoms with Gasteiger partial charge in [0.25, 0.3) is 5.92 Å². The Hall–Kier alpha value is -2.71. The average molecular weight is 364 g/mol. The summed E-state index contributed by atoms with van der Waals surface area (Å²) in [5.74, 6) is -5.70. The van der Waals surface area contributed by atoms with Crippen LogP contribution in [0.5, 0.6) is 0 Å². The third kappa shape index (κ3) is 2.87. The number of hydrogen-bond donors (Lipinski definition) is 3. The fraction of sp³-hybridized carbons (Fsp3) is 0.471. The second-order valence-corrected chi connectivity index (χ2v) is 6.88. The lowest BCUT2D eigenvalue weighted by Crippen LogP contribution is -2.46. The van der Waals surface area contributed by atoms with Crippen molar-refractivity contribution in [1.29, 1.82) is 0 Å². The zero-order chi connectivity index (χ0) is 18.5. The molecule has 7 nitrogen and oxygen atoms in total. The third-order valence-corrected chi connectivity index (χ3v) is 5.02. The molecule has 0 bridgehead atoms. The molecule has 26 heavy (non-hydrogen) atoms. The highest BCUT2D eigenvalue weighted by atomic mass is 19.3. The van der Waals surface area contributed by atoms with Crippen LogP contribution in [0.2, 0.25) is 0 Å². The summed E-state index contributed by atoms with van der Waals surface area (Å²) < 4.78 is 26.4. The summed E-state index contributed by atoms with van der Waals surface area (Å²) in [5, 5.41) is 13.3. The number of nitrogens with one attached hydrogen (secondary N) is 2. The van der Waals surface area contributed by atoms with Gasteiger partial charge in [-0.1, -0.05) is 0 Å². The van der Waals surface area contributed by atoms with E-state index in [-0.39, 0.29) is 24.6 Å². The molecule has 1 saturated carbocycles. The van der Waals surface area contributed by atoms with Crippen molar-refractivity contribution in [3.63, 3.8) is 0 Å². The van der Waals surface area contributed by atoms with E-state index < -0.39 is 23.7 Å². The zero-order valence-corrected chi connectivity index (χ0v) is 13.8. The van der Waals surface area contributed by atoms with Crippen LogP contribution < -0.4 is 5.32 Å². The van der Waals surface area contributed by atoms with Gasteiger partial charge in [-0.25, -0.2) is 18.6 Å². The number of anilines is 1.